The number of ketones is 1. The van der Waals surface area contributed by atoms with Gasteiger partial charge in [0.05, 0.1) is 5.75 Å². The molecule has 6 heteroatoms. The summed E-state index contributed by atoms with van der Waals surface area (Å²) >= 11 is 3.06. The monoisotopic (exact) mass is 396 g/mol. The van der Waals surface area contributed by atoms with Crippen LogP contribution in [0.25, 0.3) is 10.3 Å². The largest absolute Gasteiger partial charge is 0.306 e. The fraction of sp³-hybridized carbons (Fsp3) is 0.286. The average molecular weight is 397 g/mol. The Hall–Kier alpha value is -2.18. The number of nitrogens with zero attached hydrogens (tertiary/aromatic N) is 2. The van der Waals surface area contributed by atoms with Gasteiger partial charge in [-0.25, -0.2) is 4.98 Å². The van der Waals surface area contributed by atoms with Crippen molar-refractivity contribution in [1.29, 1.82) is 0 Å². The number of Topliss-reactive ketones (excluding diaryl/α,β-unsaturated/α-hetero) is 1. The number of allylic oxidation sites excluding steroid dienone is 1. The molecule has 0 bridgehead atoms. The number of aryl methyl sites for hydroxylation is 1. The first kappa shape index (κ1) is 18.2. The molecule has 27 heavy (non-hydrogen) atoms. The number of thioether (sulfide) groups is 1. The standard InChI is InChI=1S/C21H20N2O2S2/c1-13(2)11-23-20-18(19(25)15-9-6-10-17(15)27-20)22-21(23)26-12-16(24)14-7-4-3-5-8-14/h3-5,7-8H,1,6,9-12H2,2H3. The van der Waals surface area contributed by atoms with Crippen molar-refractivity contribution in [3.63, 3.8) is 0 Å². The Bertz CT molecular complexity index is 1100. The Morgan fingerprint density at radius 1 is 1.30 bits per heavy atom. The zero-order valence-electron chi connectivity index (χ0n) is 15.2. The minimum absolute atomic E-state index is 0.0584. The highest BCUT2D eigenvalue weighted by Gasteiger charge is 2.23. The number of hydrogen-bond donors (Lipinski definition) is 0. The summed E-state index contributed by atoms with van der Waals surface area (Å²) in [5.41, 5.74) is 3.22. The van der Waals surface area contributed by atoms with E-state index in [9.17, 15) is 9.59 Å². The van der Waals surface area contributed by atoms with Crippen molar-refractivity contribution in [2.45, 2.75) is 37.9 Å². The first-order valence-corrected chi connectivity index (χ1v) is 10.8. The lowest BCUT2D eigenvalue weighted by Crippen LogP contribution is -2.08. The first-order valence-electron chi connectivity index (χ1n) is 8.95. The summed E-state index contributed by atoms with van der Waals surface area (Å²) in [6, 6.07) is 9.26. The van der Waals surface area contributed by atoms with E-state index < -0.39 is 0 Å². The molecular weight excluding hydrogens is 376 g/mol. The fourth-order valence-corrected chi connectivity index (χ4v) is 5.60. The smallest absolute Gasteiger partial charge is 0.211 e. The summed E-state index contributed by atoms with van der Waals surface area (Å²) < 4.78 is 2.05. The van der Waals surface area contributed by atoms with Crippen molar-refractivity contribution in [3.05, 3.63) is 68.7 Å². The number of fused-ring (bicyclic) bond motifs is 2. The summed E-state index contributed by atoms with van der Waals surface area (Å²) in [5, 5.41) is 0.717. The van der Waals surface area contributed by atoms with Crippen LogP contribution in [0.4, 0.5) is 0 Å². The van der Waals surface area contributed by atoms with Crippen molar-refractivity contribution >= 4 is 39.2 Å². The van der Waals surface area contributed by atoms with E-state index in [2.05, 4.69) is 11.6 Å². The average Bonchev–Trinajstić information content (AvgIpc) is 3.26. The predicted molar refractivity (Wildman–Crippen MR) is 112 cm³/mol. The van der Waals surface area contributed by atoms with Gasteiger partial charge in [-0.3, -0.25) is 9.59 Å². The molecule has 0 saturated heterocycles. The van der Waals surface area contributed by atoms with Crippen LogP contribution >= 0.6 is 23.1 Å². The number of hydrogen-bond acceptors (Lipinski definition) is 5. The zero-order chi connectivity index (χ0) is 19.0. The van der Waals surface area contributed by atoms with Crippen LogP contribution in [0.5, 0.6) is 0 Å². The molecule has 0 spiro atoms. The van der Waals surface area contributed by atoms with Crippen molar-refractivity contribution in [2.75, 3.05) is 5.75 Å². The Morgan fingerprint density at radius 3 is 2.81 bits per heavy atom. The molecule has 1 aliphatic carbocycles. The highest BCUT2D eigenvalue weighted by atomic mass is 32.2. The Balaban J connectivity index is 1.71. The van der Waals surface area contributed by atoms with E-state index in [1.54, 1.807) is 11.3 Å². The van der Waals surface area contributed by atoms with Crippen LogP contribution in [-0.2, 0) is 19.4 Å². The second kappa shape index (κ2) is 7.44. The Labute approximate surface area is 165 Å². The molecule has 2 heterocycles. The lowest BCUT2D eigenvalue weighted by Gasteiger charge is -2.08. The molecule has 0 fully saturated rings. The van der Waals surface area contributed by atoms with E-state index in [4.69, 9.17) is 0 Å². The molecule has 0 radical (unpaired) electrons. The van der Waals surface area contributed by atoms with Gasteiger partial charge in [-0.05, 0) is 26.2 Å². The molecule has 0 atom stereocenters. The van der Waals surface area contributed by atoms with Crippen molar-refractivity contribution in [3.8, 4) is 0 Å². The first-order chi connectivity index (χ1) is 13.0. The number of imidazole rings is 1. The molecule has 0 unspecified atom stereocenters. The third kappa shape index (κ3) is 3.51. The Kier molecular flexibility index (Phi) is 5.02. The number of aromatic nitrogens is 2. The predicted octanol–water partition coefficient (Wildman–Crippen LogP) is 4.50. The molecule has 4 rings (SSSR count). The van der Waals surface area contributed by atoms with Gasteiger partial charge < -0.3 is 4.57 Å². The second-order valence-corrected chi connectivity index (χ2v) is 8.88. The van der Waals surface area contributed by atoms with Crippen LogP contribution in [0, 0.1) is 0 Å². The third-order valence-corrected chi connectivity index (χ3v) is 6.90. The summed E-state index contributed by atoms with van der Waals surface area (Å²) in [4.78, 5) is 32.1. The van der Waals surface area contributed by atoms with Crippen LogP contribution in [-0.4, -0.2) is 21.1 Å². The van der Waals surface area contributed by atoms with E-state index in [0.717, 1.165) is 35.2 Å². The van der Waals surface area contributed by atoms with Crippen molar-refractivity contribution in [1.82, 2.24) is 9.55 Å². The van der Waals surface area contributed by atoms with Gasteiger partial charge in [0, 0.05) is 22.5 Å². The SMILES string of the molecule is C=C(C)Cn1c(SCC(=O)c2ccccc2)nc2c(=O)c3c(sc21)CCC3. The number of benzene rings is 1. The van der Waals surface area contributed by atoms with E-state index in [1.807, 2.05) is 41.8 Å². The lowest BCUT2D eigenvalue weighted by molar-refractivity contribution is 0.102. The maximum atomic E-state index is 12.9. The van der Waals surface area contributed by atoms with Gasteiger partial charge in [-0.1, -0.05) is 54.2 Å². The van der Waals surface area contributed by atoms with Gasteiger partial charge in [0.25, 0.3) is 0 Å². The summed E-state index contributed by atoms with van der Waals surface area (Å²) in [7, 11) is 0. The highest BCUT2D eigenvalue weighted by molar-refractivity contribution is 7.99. The molecule has 4 nitrogen and oxygen atoms in total. The molecule has 0 N–H and O–H groups in total. The van der Waals surface area contributed by atoms with Crippen LogP contribution < -0.4 is 5.43 Å². The van der Waals surface area contributed by atoms with E-state index in [0.29, 0.717) is 28.5 Å². The molecule has 2 aromatic heterocycles. The normalized spacial score (nSPS) is 13.1. The molecule has 3 aromatic rings. The third-order valence-electron chi connectivity index (χ3n) is 4.62. The van der Waals surface area contributed by atoms with Gasteiger partial charge >= 0.3 is 0 Å². The van der Waals surface area contributed by atoms with Gasteiger partial charge in [-0.15, -0.1) is 11.3 Å². The van der Waals surface area contributed by atoms with E-state index >= 15 is 0 Å². The van der Waals surface area contributed by atoms with Crippen LogP contribution in [0.15, 0.2) is 52.4 Å². The van der Waals surface area contributed by atoms with Crippen LogP contribution in [0.2, 0.25) is 0 Å². The number of carbonyl (C=O) groups is 1. The molecule has 1 aliphatic rings. The fourth-order valence-electron chi connectivity index (χ4n) is 3.36. The Morgan fingerprint density at radius 2 is 2.07 bits per heavy atom. The second-order valence-electron chi connectivity index (χ2n) is 6.86. The van der Waals surface area contributed by atoms with Crippen molar-refractivity contribution < 1.29 is 4.79 Å². The number of carbonyl (C=O) groups excluding carboxylic acids is 1. The van der Waals surface area contributed by atoms with E-state index in [1.165, 1.54) is 16.6 Å². The summed E-state index contributed by atoms with van der Waals surface area (Å²) in [6.07, 6.45) is 2.86. The van der Waals surface area contributed by atoms with Crippen molar-refractivity contribution in [2.24, 2.45) is 0 Å². The minimum atomic E-state index is 0.0584. The van der Waals surface area contributed by atoms with Gasteiger partial charge in [0.1, 0.15) is 10.3 Å². The van der Waals surface area contributed by atoms with Gasteiger partial charge in [-0.2, -0.15) is 0 Å². The van der Waals surface area contributed by atoms with E-state index in [-0.39, 0.29) is 11.2 Å². The van der Waals surface area contributed by atoms with Gasteiger partial charge in [0.15, 0.2) is 10.9 Å². The zero-order valence-corrected chi connectivity index (χ0v) is 16.8. The molecule has 1 aromatic carbocycles. The topological polar surface area (TPSA) is 52.0 Å². The van der Waals surface area contributed by atoms with Crippen LogP contribution in [0.1, 0.15) is 34.1 Å². The van der Waals surface area contributed by atoms with Gasteiger partial charge in [0.2, 0.25) is 5.43 Å². The molecule has 0 saturated carbocycles. The molecule has 0 aliphatic heterocycles. The van der Waals surface area contributed by atoms with Crippen LogP contribution in [0.3, 0.4) is 0 Å². The minimum Gasteiger partial charge on any atom is -0.306 e. The number of rotatable bonds is 6. The molecule has 0 amide bonds. The maximum Gasteiger partial charge on any atom is 0.211 e. The highest BCUT2D eigenvalue weighted by Crippen LogP contribution is 2.32. The maximum absolute atomic E-state index is 12.9. The molecule has 138 valence electrons. The molecular formula is C21H20N2O2S2. The lowest BCUT2D eigenvalue weighted by atomic mass is 10.2. The summed E-state index contributed by atoms with van der Waals surface area (Å²) in [5.74, 6) is 0.352. The quantitative estimate of drug-likeness (QED) is 0.350. The summed E-state index contributed by atoms with van der Waals surface area (Å²) in [6.45, 7) is 6.59.